The molecule has 1 aliphatic rings. The van der Waals surface area contributed by atoms with Gasteiger partial charge >= 0.3 is 0 Å². The van der Waals surface area contributed by atoms with Gasteiger partial charge in [0, 0.05) is 43.0 Å². The van der Waals surface area contributed by atoms with Gasteiger partial charge in [-0.25, -0.2) is 0 Å². The van der Waals surface area contributed by atoms with Crippen LogP contribution in [-0.2, 0) is 17.8 Å². The van der Waals surface area contributed by atoms with Crippen molar-refractivity contribution in [3.63, 3.8) is 0 Å². The summed E-state index contributed by atoms with van der Waals surface area (Å²) in [4.78, 5) is 2.30. The number of ether oxygens (including phenoxy) is 1. The van der Waals surface area contributed by atoms with E-state index in [2.05, 4.69) is 28.6 Å². The van der Waals surface area contributed by atoms with Crippen LogP contribution < -0.4 is 5.32 Å². The topological polar surface area (TPSA) is 42.3 Å². The van der Waals surface area contributed by atoms with Gasteiger partial charge in [0.15, 0.2) is 0 Å². The summed E-state index contributed by atoms with van der Waals surface area (Å²) in [7, 11) is 2.13. The molecule has 1 atom stereocenters. The van der Waals surface area contributed by atoms with Gasteiger partial charge in [-0.1, -0.05) is 29.8 Å². The van der Waals surface area contributed by atoms with Crippen LogP contribution in [0.15, 0.2) is 36.7 Å². The van der Waals surface area contributed by atoms with Crippen LogP contribution >= 0.6 is 11.6 Å². The lowest BCUT2D eigenvalue weighted by molar-refractivity contribution is -0.0182. The monoisotopic (exact) mass is 334 g/mol. The summed E-state index contributed by atoms with van der Waals surface area (Å²) in [5.41, 5.74) is 2.25. The Labute approximate surface area is 142 Å². The molecule has 0 spiro atoms. The minimum Gasteiger partial charge on any atom is -0.374 e. The highest BCUT2D eigenvalue weighted by molar-refractivity contribution is 6.31. The zero-order chi connectivity index (χ0) is 16.1. The van der Waals surface area contributed by atoms with Crippen LogP contribution in [0.5, 0.6) is 0 Å². The number of rotatable bonds is 6. The molecule has 0 radical (unpaired) electrons. The normalized spacial score (nSPS) is 19.1. The Morgan fingerprint density at radius 3 is 3.09 bits per heavy atom. The van der Waals surface area contributed by atoms with Crippen molar-refractivity contribution in [2.45, 2.75) is 19.2 Å². The Bertz CT molecular complexity index is 631. The first-order valence-electron chi connectivity index (χ1n) is 7.96. The molecule has 0 saturated carbocycles. The number of nitrogens with one attached hydrogen (secondary N) is 1. The van der Waals surface area contributed by atoms with Crippen molar-refractivity contribution in [2.75, 3.05) is 33.3 Å². The Kier molecular flexibility index (Phi) is 5.67. The average molecular weight is 335 g/mol. The average Bonchev–Trinajstić information content (AvgIpc) is 2.97. The lowest BCUT2D eigenvalue weighted by Gasteiger charge is -2.30. The van der Waals surface area contributed by atoms with Gasteiger partial charge in [0.25, 0.3) is 0 Å². The van der Waals surface area contributed by atoms with Crippen LogP contribution in [0.4, 0.5) is 0 Å². The first-order valence-corrected chi connectivity index (χ1v) is 8.34. The molecule has 1 aliphatic heterocycles. The summed E-state index contributed by atoms with van der Waals surface area (Å²) >= 11 is 6.19. The van der Waals surface area contributed by atoms with Crippen LogP contribution in [0, 0.1) is 0 Å². The van der Waals surface area contributed by atoms with Gasteiger partial charge in [0.2, 0.25) is 0 Å². The molecule has 1 aromatic carbocycles. The van der Waals surface area contributed by atoms with Crippen LogP contribution in [-0.4, -0.2) is 54.1 Å². The number of morpholine rings is 1. The largest absolute Gasteiger partial charge is 0.374 e. The Balaban J connectivity index is 1.47. The molecule has 23 heavy (non-hydrogen) atoms. The summed E-state index contributed by atoms with van der Waals surface area (Å²) in [6.07, 6.45) is 4.23. The fraction of sp³-hybridized carbons (Fsp3) is 0.471. The van der Waals surface area contributed by atoms with E-state index in [9.17, 15) is 0 Å². The molecule has 0 bridgehead atoms. The molecule has 3 rings (SSSR count). The maximum absolute atomic E-state index is 6.19. The van der Waals surface area contributed by atoms with Crippen molar-refractivity contribution in [1.82, 2.24) is 20.0 Å². The number of likely N-dealkylation sites (N-methyl/N-ethyl adjacent to an activating group) is 1. The molecule has 2 aromatic rings. The molecule has 0 aliphatic carbocycles. The molecule has 1 aromatic heterocycles. The van der Waals surface area contributed by atoms with E-state index in [1.807, 2.05) is 35.1 Å². The van der Waals surface area contributed by atoms with E-state index in [1.54, 1.807) is 0 Å². The Morgan fingerprint density at radius 1 is 1.39 bits per heavy atom. The zero-order valence-electron chi connectivity index (χ0n) is 13.4. The van der Waals surface area contributed by atoms with Crippen LogP contribution in [0.1, 0.15) is 11.1 Å². The number of benzene rings is 1. The lowest BCUT2D eigenvalue weighted by Crippen LogP contribution is -2.44. The van der Waals surface area contributed by atoms with Crippen molar-refractivity contribution < 1.29 is 4.74 Å². The van der Waals surface area contributed by atoms with E-state index in [4.69, 9.17) is 16.3 Å². The number of hydrogen-bond donors (Lipinski definition) is 1. The molecule has 2 heterocycles. The molecule has 1 fully saturated rings. The van der Waals surface area contributed by atoms with Gasteiger partial charge in [-0.15, -0.1) is 0 Å². The highest BCUT2D eigenvalue weighted by Gasteiger charge is 2.16. The highest BCUT2D eigenvalue weighted by atomic mass is 35.5. The standard InChI is InChI=1S/C17H23ClN4O/c1-21-6-7-23-16(13-21)10-19-8-14-9-20-22(11-14)12-15-4-2-3-5-17(15)18/h2-5,9,11,16,19H,6-8,10,12-13H2,1H3. The van der Waals surface area contributed by atoms with Gasteiger partial charge in [-0.3, -0.25) is 4.68 Å². The first-order chi connectivity index (χ1) is 11.2. The summed E-state index contributed by atoms with van der Waals surface area (Å²) in [5, 5.41) is 8.64. The highest BCUT2D eigenvalue weighted by Crippen LogP contribution is 2.16. The molecule has 1 unspecified atom stereocenters. The van der Waals surface area contributed by atoms with Crippen molar-refractivity contribution in [2.24, 2.45) is 0 Å². The van der Waals surface area contributed by atoms with Gasteiger partial charge < -0.3 is 15.0 Å². The number of halogens is 1. The minimum absolute atomic E-state index is 0.270. The van der Waals surface area contributed by atoms with Gasteiger partial charge in [-0.05, 0) is 18.7 Å². The summed E-state index contributed by atoms with van der Waals surface area (Å²) in [6.45, 7) is 5.17. The fourth-order valence-electron chi connectivity index (χ4n) is 2.75. The van der Waals surface area contributed by atoms with Gasteiger partial charge in [0.1, 0.15) is 0 Å². The van der Waals surface area contributed by atoms with Crippen molar-refractivity contribution in [1.29, 1.82) is 0 Å². The fourth-order valence-corrected chi connectivity index (χ4v) is 2.95. The van der Waals surface area contributed by atoms with Crippen LogP contribution in [0.3, 0.4) is 0 Å². The second-order valence-corrected chi connectivity index (χ2v) is 6.43. The molecule has 5 nitrogen and oxygen atoms in total. The Morgan fingerprint density at radius 2 is 2.26 bits per heavy atom. The second-order valence-electron chi connectivity index (χ2n) is 6.02. The zero-order valence-corrected chi connectivity index (χ0v) is 14.2. The Hall–Kier alpha value is -1.40. The van der Waals surface area contributed by atoms with Crippen LogP contribution in [0.2, 0.25) is 5.02 Å². The quantitative estimate of drug-likeness (QED) is 0.877. The first kappa shape index (κ1) is 16.5. The van der Waals surface area contributed by atoms with Crippen molar-refractivity contribution in [3.8, 4) is 0 Å². The predicted octanol–water partition coefficient (Wildman–Crippen LogP) is 2.00. The maximum atomic E-state index is 6.19. The maximum Gasteiger partial charge on any atom is 0.0826 e. The van der Waals surface area contributed by atoms with Crippen LogP contribution in [0.25, 0.3) is 0 Å². The SMILES string of the molecule is CN1CCOC(CNCc2cnn(Cc3ccccc3Cl)c2)C1. The third-order valence-electron chi connectivity index (χ3n) is 4.02. The van der Waals surface area contributed by atoms with E-state index in [0.717, 1.165) is 43.4 Å². The summed E-state index contributed by atoms with van der Waals surface area (Å²) < 4.78 is 7.66. The van der Waals surface area contributed by atoms with E-state index in [0.29, 0.717) is 6.54 Å². The molecule has 1 N–H and O–H groups in total. The molecule has 0 amide bonds. The third-order valence-corrected chi connectivity index (χ3v) is 4.39. The van der Waals surface area contributed by atoms with Gasteiger partial charge in [0.05, 0.1) is 25.5 Å². The predicted molar refractivity (Wildman–Crippen MR) is 91.7 cm³/mol. The minimum atomic E-state index is 0.270. The van der Waals surface area contributed by atoms with E-state index in [-0.39, 0.29) is 6.10 Å². The lowest BCUT2D eigenvalue weighted by atomic mass is 10.2. The molecular weight excluding hydrogens is 312 g/mol. The number of aromatic nitrogens is 2. The van der Waals surface area contributed by atoms with Crippen molar-refractivity contribution >= 4 is 11.6 Å². The molecular formula is C17H23ClN4O. The third kappa shape index (κ3) is 4.78. The number of nitrogens with zero attached hydrogens (tertiary/aromatic N) is 3. The molecule has 1 saturated heterocycles. The molecule has 124 valence electrons. The van der Waals surface area contributed by atoms with E-state index in [1.165, 1.54) is 5.56 Å². The van der Waals surface area contributed by atoms with Crippen molar-refractivity contribution in [3.05, 3.63) is 52.8 Å². The second kappa shape index (κ2) is 7.93. The summed E-state index contributed by atoms with van der Waals surface area (Å²) in [6, 6.07) is 7.87. The smallest absolute Gasteiger partial charge is 0.0826 e. The molecule has 6 heteroatoms. The van der Waals surface area contributed by atoms with E-state index < -0.39 is 0 Å². The summed E-state index contributed by atoms with van der Waals surface area (Å²) in [5.74, 6) is 0. The number of hydrogen-bond acceptors (Lipinski definition) is 4. The van der Waals surface area contributed by atoms with E-state index >= 15 is 0 Å². The van der Waals surface area contributed by atoms with Gasteiger partial charge in [-0.2, -0.15) is 5.10 Å².